The van der Waals surface area contributed by atoms with Gasteiger partial charge in [0.15, 0.2) is 5.96 Å². The topological polar surface area (TPSA) is 140 Å². The first-order valence-electron chi connectivity index (χ1n) is 7.89. The van der Waals surface area contributed by atoms with E-state index in [2.05, 4.69) is 9.98 Å². The van der Waals surface area contributed by atoms with E-state index in [0.29, 0.717) is 11.4 Å². The van der Waals surface area contributed by atoms with Crippen LogP contribution in [0.3, 0.4) is 0 Å². The number of hydrogen-bond acceptors (Lipinski definition) is 3. The fourth-order valence-electron chi connectivity index (χ4n) is 3.38. The molecule has 0 aromatic heterocycles. The number of carbonyl (C=O) groups excluding carboxylic acids is 2. The fourth-order valence-corrected chi connectivity index (χ4v) is 3.38. The first kappa shape index (κ1) is 16.0. The Kier molecular flexibility index (Phi) is 4.20. The van der Waals surface area contributed by atoms with Crippen molar-refractivity contribution in [2.45, 2.75) is 25.7 Å². The number of carbonyl (C=O) groups is 2. The van der Waals surface area contributed by atoms with Gasteiger partial charge in [0, 0.05) is 0 Å². The Morgan fingerprint density at radius 1 is 0.958 bits per heavy atom. The molecule has 2 amide bonds. The quantitative estimate of drug-likeness (QED) is 0.414. The number of amides is 2. The van der Waals surface area contributed by atoms with E-state index in [0.717, 1.165) is 25.7 Å². The lowest BCUT2D eigenvalue weighted by molar-refractivity contribution is -0.122. The first-order chi connectivity index (χ1) is 11.5. The summed E-state index contributed by atoms with van der Waals surface area (Å²) in [5, 5.41) is 0. The second kappa shape index (κ2) is 6.31. The molecule has 1 saturated carbocycles. The number of fused-ring (bicyclic) bond motifs is 1. The summed E-state index contributed by atoms with van der Waals surface area (Å²) in [6.07, 6.45) is 3.60. The third kappa shape index (κ3) is 2.94. The summed E-state index contributed by atoms with van der Waals surface area (Å²) < 4.78 is 0. The van der Waals surface area contributed by atoms with E-state index in [1.807, 2.05) is 0 Å². The minimum atomic E-state index is -0.177. The van der Waals surface area contributed by atoms with Crippen molar-refractivity contribution in [3.8, 4) is 0 Å². The number of guanidine groups is 2. The highest BCUT2D eigenvalue weighted by molar-refractivity contribution is 6.22. The Balaban J connectivity index is 1.82. The summed E-state index contributed by atoms with van der Waals surface area (Å²) in [6.45, 7) is 0. The summed E-state index contributed by atoms with van der Waals surface area (Å²) in [7, 11) is 0. The normalized spacial score (nSPS) is 24.0. The molecule has 0 radical (unpaired) electrons. The number of aliphatic imine (C=N–C) groups is 2. The molecule has 1 aromatic carbocycles. The highest BCUT2D eigenvalue weighted by Crippen LogP contribution is 2.40. The molecule has 8 nitrogen and oxygen atoms in total. The van der Waals surface area contributed by atoms with Crippen LogP contribution in [0.15, 0.2) is 34.3 Å². The minimum Gasteiger partial charge on any atom is -0.370 e. The SMILES string of the molecule is NC(N)=NC(N)=Nc1ccc(N2C(=O)C3CCCCC3C2=O)cc1. The summed E-state index contributed by atoms with van der Waals surface area (Å²) in [4.78, 5) is 34.1. The predicted molar refractivity (Wildman–Crippen MR) is 91.5 cm³/mol. The first-order valence-corrected chi connectivity index (χ1v) is 7.89. The van der Waals surface area contributed by atoms with Gasteiger partial charge in [-0.2, -0.15) is 4.99 Å². The third-order valence-electron chi connectivity index (χ3n) is 4.44. The molecule has 2 unspecified atom stereocenters. The van der Waals surface area contributed by atoms with Crippen molar-refractivity contribution in [2.24, 2.45) is 39.0 Å². The van der Waals surface area contributed by atoms with Crippen LogP contribution in [0, 0.1) is 11.8 Å². The molecule has 6 N–H and O–H groups in total. The Labute approximate surface area is 139 Å². The molecule has 24 heavy (non-hydrogen) atoms. The minimum absolute atomic E-state index is 0.0675. The molecule has 2 atom stereocenters. The zero-order valence-electron chi connectivity index (χ0n) is 13.2. The molecule has 2 aliphatic rings. The second-order valence-corrected chi connectivity index (χ2v) is 6.03. The van der Waals surface area contributed by atoms with E-state index in [-0.39, 0.29) is 35.6 Å². The highest BCUT2D eigenvalue weighted by Gasteiger charge is 2.48. The molecular weight excluding hydrogens is 308 g/mol. The van der Waals surface area contributed by atoms with Gasteiger partial charge in [-0.15, -0.1) is 0 Å². The van der Waals surface area contributed by atoms with Gasteiger partial charge in [-0.25, -0.2) is 4.99 Å². The molecule has 126 valence electrons. The maximum absolute atomic E-state index is 12.5. The van der Waals surface area contributed by atoms with Gasteiger partial charge >= 0.3 is 0 Å². The molecule has 1 saturated heterocycles. The molecule has 1 heterocycles. The van der Waals surface area contributed by atoms with Crippen LogP contribution in [0.2, 0.25) is 0 Å². The summed E-state index contributed by atoms with van der Waals surface area (Å²) in [5.41, 5.74) is 17.1. The van der Waals surface area contributed by atoms with E-state index in [1.54, 1.807) is 24.3 Å². The lowest BCUT2D eigenvalue weighted by Crippen LogP contribution is -2.30. The number of anilines is 1. The number of nitrogens with zero attached hydrogens (tertiary/aromatic N) is 3. The molecule has 8 heteroatoms. The Hall–Kier alpha value is -2.90. The highest BCUT2D eigenvalue weighted by atomic mass is 16.2. The fraction of sp³-hybridized carbons (Fsp3) is 0.375. The molecule has 3 rings (SSSR count). The smallest absolute Gasteiger partial charge is 0.237 e. The van der Waals surface area contributed by atoms with Gasteiger partial charge in [-0.05, 0) is 37.1 Å². The number of imide groups is 1. The lowest BCUT2D eigenvalue weighted by atomic mass is 9.81. The van der Waals surface area contributed by atoms with Crippen LogP contribution in [0.4, 0.5) is 11.4 Å². The molecule has 2 fully saturated rings. The molecule has 0 spiro atoms. The van der Waals surface area contributed by atoms with Crippen molar-refractivity contribution >= 4 is 35.1 Å². The number of nitrogens with two attached hydrogens (primary N) is 3. The van der Waals surface area contributed by atoms with Crippen molar-refractivity contribution in [1.82, 2.24) is 0 Å². The molecule has 1 aliphatic heterocycles. The summed E-state index contributed by atoms with van der Waals surface area (Å²) in [5.74, 6) is -0.768. The summed E-state index contributed by atoms with van der Waals surface area (Å²) >= 11 is 0. The van der Waals surface area contributed by atoms with Gasteiger partial charge in [0.05, 0.1) is 23.2 Å². The Bertz CT molecular complexity index is 697. The van der Waals surface area contributed by atoms with Crippen LogP contribution >= 0.6 is 0 Å². The van der Waals surface area contributed by atoms with Gasteiger partial charge in [0.2, 0.25) is 17.8 Å². The maximum atomic E-state index is 12.5. The van der Waals surface area contributed by atoms with Crippen molar-refractivity contribution in [3.05, 3.63) is 24.3 Å². The maximum Gasteiger partial charge on any atom is 0.237 e. The lowest BCUT2D eigenvalue weighted by Gasteiger charge is -2.19. The Morgan fingerprint density at radius 2 is 1.50 bits per heavy atom. The molecule has 1 aromatic rings. The molecule has 1 aliphatic carbocycles. The average molecular weight is 328 g/mol. The molecule has 0 bridgehead atoms. The monoisotopic (exact) mass is 328 g/mol. The van der Waals surface area contributed by atoms with Crippen LogP contribution in [0.1, 0.15) is 25.7 Å². The molecular formula is C16H20N6O2. The largest absolute Gasteiger partial charge is 0.370 e. The van der Waals surface area contributed by atoms with Crippen molar-refractivity contribution in [3.63, 3.8) is 0 Å². The number of benzene rings is 1. The van der Waals surface area contributed by atoms with Gasteiger partial charge in [0.1, 0.15) is 0 Å². The standard InChI is InChI=1S/C16H20N6O2/c17-15(18)21-16(19)20-9-5-7-10(8-6-9)22-13(23)11-3-1-2-4-12(11)14(22)24/h5-8,11-12H,1-4H2,(H6,17,18,19,20,21). The van der Waals surface area contributed by atoms with E-state index in [1.165, 1.54) is 4.90 Å². The van der Waals surface area contributed by atoms with Crippen LogP contribution in [-0.4, -0.2) is 23.7 Å². The van der Waals surface area contributed by atoms with E-state index in [4.69, 9.17) is 17.2 Å². The van der Waals surface area contributed by atoms with Crippen LogP contribution < -0.4 is 22.1 Å². The van der Waals surface area contributed by atoms with Gasteiger partial charge in [-0.3, -0.25) is 14.5 Å². The predicted octanol–water partition coefficient (Wildman–Crippen LogP) is 0.586. The van der Waals surface area contributed by atoms with Crippen LogP contribution in [0.25, 0.3) is 0 Å². The van der Waals surface area contributed by atoms with E-state index in [9.17, 15) is 9.59 Å². The zero-order chi connectivity index (χ0) is 17.3. The van der Waals surface area contributed by atoms with E-state index < -0.39 is 0 Å². The van der Waals surface area contributed by atoms with Crippen LogP contribution in [0.5, 0.6) is 0 Å². The van der Waals surface area contributed by atoms with Gasteiger partial charge in [-0.1, -0.05) is 12.8 Å². The van der Waals surface area contributed by atoms with Crippen molar-refractivity contribution < 1.29 is 9.59 Å². The second-order valence-electron chi connectivity index (χ2n) is 6.03. The number of hydrogen-bond donors (Lipinski definition) is 3. The zero-order valence-corrected chi connectivity index (χ0v) is 13.2. The average Bonchev–Trinajstić information content (AvgIpc) is 2.80. The Morgan fingerprint density at radius 3 is 2.00 bits per heavy atom. The van der Waals surface area contributed by atoms with Crippen molar-refractivity contribution in [1.29, 1.82) is 0 Å². The third-order valence-corrected chi connectivity index (χ3v) is 4.44. The summed E-state index contributed by atoms with van der Waals surface area (Å²) in [6, 6.07) is 6.67. The van der Waals surface area contributed by atoms with Crippen LogP contribution in [-0.2, 0) is 9.59 Å². The number of rotatable bonds is 2. The van der Waals surface area contributed by atoms with Gasteiger partial charge < -0.3 is 17.2 Å². The van der Waals surface area contributed by atoms with Gasteiger partial charge in [0.25, 0.3) is 0 Å². The van der Waals surface area contributed by atoms with Crippen molar-refractivity contribution in [2.75, 3.05) is 4.90 Å². The van der Waals surface area contributed by atoms with E-state index >= 15 is 0 Å².